The van der Waals surface area contributed by atoms with Crippen molar-refractivity contribution in [1.29, 1.82) is 0 Å². The van der Waals surface area contributed by atoms with Crippen LogP contribution in [0.1, 0.15) is 49.4 Å². The molecule has 0 aliphatic heterocycles. The van der Waals surface area contributed by atoms with Gasteiger partial charge in [0.2, 0.25) is 0 Å². The molecule has 1 aliphatic carbocycles. The summed E-state index contributed by atoms with van der Waals surface area (Å²) in [7, 11) is 0. The van der Waals surface area contributed by atoms with Gasteiger partial charge in [0.15, 0.2) is 0 Å². The zero-order valence-corrected chi connectivity index (χ0v) is 13.5. The average molecular weight is 345 g/mol. The number of nitrogens with one attached hydrogen (secondary N) is 1. The summed E-state index contributed by atoms with van der Waals surface area (Å²) in [6.07, 6.45) is 6.24. The third kappa shape index (κ3) is 3.73. The van der Waals surface area contributed by atoms with Gasteiger partial charge >= 0.3 is 0 Å². The molecule has 104 valence electrons. The van der Waals surface area contributed by atoms with Crippen LogP contribution < -0.4 is 5.32 Å². The number of hydrogen-bond donors (Lipinski definition) is 1. The highest BCUT2D eigenvalue weighted by atomic mass is 79.9. The summed E-state index contributed by atoms with van der Waals surface area (Å²) in [5, 5.41) is 3.51. The largest absolute Gasteiger partial charge is 0.351 e. The van der Waals surface area contributed by atoms with Gasteiger partial charge in [-0.25, -0.2) is 0 Å². The van der Waals surface area contributed by atoms with E-state index in [1.54, 1.807) is 6.07 Å². The van der Waals surface area contributed by atoms with Gasteiger partial charge < -0.3 is 5.32 Å². The molecule has 1 aliphatic rings. The number of benzene rings is 1. The molecule has 0 unspecified atom stereocenters. The Morgan fingerprint density at radius 1 is 1.37 bits per heavy atom. The fourth-order valence-electron chi connectivity index (χ4n) is 2.65. The van der Waals surface area contributed by atoms with Gasteiger partial charge in [-0.05, 0) is 46.3 Å². The molecule has 1 saturated carbocycles. The number of amides is 1. The molecule has 0 atom stereocenters. The highest BCUT2D eigenvalue weighted by Gasteiger charge is 2.27. The van der Waals surface area contributed by atoms with Crippen molar-refractivity contribution in [2.45, 2.75) is 39.0 Å². The maximum Gasteiger partial charge on any atom is 0.252 e. The van der Waals surface area contributed by atoms with E-state index in [1.165, 1.54) is 32.1 Å². The number of carbonyl (C=O) groups excluding carboxylic acids is 1. The topological polar surface area (TPSA) is 29.1 Å². The fourth-order valence-corrected chi connectivity index (χ4v) is 3.23. The molecule has 0 saturated heterocycles. The van der Waals surface area contributed by atoms with E-state index in [4.69, 9.17) is 11.6 Å². The molecule has 1 aromatic carbocycles. The van der Waals surface area contributed by atoms with Crippen molar-refractivity contribution in [3.63, 3.8) is 0 Å². The van der Waals surface area contributed by atoms with Crippen LogP contribution in [0.15, 0.2) is 22.7 Å². The van der Waals surface area contributed by atoms with E-state index in [0.717, 1.165) is 11.0 Å². The Hall–Kier alpha value is -0.540. The summed E-state index contributed by atoms with van der Waals surface area (Å²) in [6, 6.07) is 5.42. The molecule has 1 N–H and O–H groups in total. The lowest BCUT2D eigenvalue weighted by molar-refractivity contribution is 0.0919. The monoisotopic (exact) mass is 343 g/mol. The number of rotatable bonds is 3. The Morgan fingerprint density at radius 3 is 2.74 bits per heavy atom. The number of halogens is 2. The molecule has 0 spiro atoms. The van der Waals surface area contributed by atoms with Gasteiger partial charge in [0.25, 0.3) is 5.91 Å². The molecule has 1 amide bonds. The van der Waals surface area contributed by atoms with Crippen LogP contribution in [0.25, 0.3) is 0 Å². The first-order valence-corrected chi connectivity index (χ1v) is 7.91. The fraction of sp³-hybridized carbons (Fsp3) is 0.533. The number of carbonyl (C=O) groups is 1. The molecular weight excluding hydrogens is 326 g/mol. The lowest BCUT2D eigenvalue weighted by Gasteiger charge is -2.33. The van der Waals surface area contributed by atoms with Crippen LogP contribution in [-0.4, -0.2) is 12.5 Å². The average Bonchev–Trinajstić information content (AvgIpc) is 2.40. The number of hydrogen-bond acceptors (Lipinski definition) is 1. The van der Waals surface area contributed by atoms with Gasteiger partial charge in [-0.15, -0.1) is 0 Å². The molecule has 0 aromatic heterocycles. The molecular formula is C15H19BrClNO. The Balaban J connectivity index is 1.99. The van der Waals surface area contributed by atoms with E-state index < -0.39 is 0 Å². The van der Waals surface area contributed by atoms with Crippen LogP contribution >= 0.6 is 27.5 Å². The van der Waals surface area contributed by atoms with Crippen LogP contribution in [0.4, 0.5) is 0 Å². The summed E-state index contributed by atoms with van der Waals surface area (Å²) in [5.41, 5.74) is 0.780. The minimum absolute atomic E-state index is 0.0851. The van der Waals surface area contributed by atoms with Crippen molar-refractivity contribution in [2.24, 2.45) is 5.41 Å². The maximum atomic E-state index is 12.2. The van der Waals surface area contributed by atoms with Gasteiger partial charge in [-0.2, -0.15) is 0 Å². The SMILES string of the molecule is CC1(CNC(=O)c2cccc(Br)c2Cl)CCCCC1. The van der Waals surface area contributed by atoms with Crippen molar-refractivity contribution in [1.82, 2.24) is 5.32 Å². The second-order valence-electron chi connectivity index (χ2n) is 5.66. The van der Waals surface area contributed by atoms with Gasteiger partial charge in [0.1, 0.15) is 0 Å². The lowest BCUT2D eigenvalue weighted by Crippen LogP contribution is -2.37. The summed E-state index contributed by atoms with van der Waals surface area (Å²) < 4.78 is 0.755. The third-order valence-corrected chi connectivity index (χ3v) is 5.23. The van der Waals surface area contributed by atoms with Gasteiger partial charge in [-0.1, -0.05) is 43.9 Å². The van der Waals surface area contributed by atoms with E-state index in [0.29, 0.717) is 10.6 Å². The molecule has 0 bridgehead atoms. The minimum atomic E-state index is -0.0851. The predicted octanol–water partition coefficient (Wildman–Crippen LogP) is 4.80. The first-order chi connectivity index (χ1) is 9.02. The van der Waals surface area contributed by atoms with Crippen molar-refractivity contribution in [2.75, 3.05) is 6.54 Å². The Labute approximate surface area is 128 Å². The van der Waals surface area contributed by atoms with E-state index in [2.05, 4.69) is 28.2 Å². The van der Waals surface area contributed by atoms with Crippen LogP contribution in [0.3, 0.4) is 0 Å². The van der Waals surface area contributed by atoms with Crippen molar-refractivity contribution in [3.8, 4) is 0 Å². The molecule has 0 heterocycles. The van der Waals surface area contributed by atoms with E-state index in [-0.39, 0.29) is 11.3 Å². The zero-order chi connectivity index (χ0) is 13.9. The lowest BCUT2D eigenvalue weighted by atomic mass is 9.76. The molecule has 19 heavy (non-hydrogen) atoms. The normalized spacial score (nSPS) is 18.1. The molecule has 0 radical (unpaired) electrons. The van der Waals surface area contributed by atoms with Crippen molar-refractivity contribution >= 4 is 33.4 Å². The van der Waals surface area contributed by atoms with Crippen LogP contribution in [-0.2, 0) is 0 Å². The van der Waals surface area contributed by atoms with Gasteiger partial charge in [-0.3, -0.25) is 4.79 Å². The predicted molar refractivity (Wildman–Crippen MR) is 82.7 cm³/mol. The second kappa shape index (κ2) is 6.27. The Morgan fingerprint density at radius 2 is 2.05 bits per heavy atom. The highest BCUT2D eigenvalue weighted by Crippen LogP contribution is 2.35. The Kier molecular flexibility index (Phi) is 4.91. The molecule has 2 rings (SSSR count). The van der Waals surface area contributed by atoms with E-state index in [1.807, 2.05) is 12.1 Å². The molecule has 1 aromatic rings. The molecule has 4 heteroatoms. The summed E-state index contributed by atoms with van der Waals surface area (Å²) in [6.45, 7) is 2.99. The van der Waals surface area contributed by atoms with E-state index >= 15 is 0 Å². The smallest absolute Gasteiger partial charge is 0.252 e. The summed E-state index contributed by atoms with van der Waals surface area (Å²) in [5.74, 6) is -0.0851. The second-order valence-corrected chi connectivity index (χ2v) is 6.89. The first kappa shape index (κ1) is 14.9. The zero-order valence-electron chi connectivity index (χ0n) is 11.1. The first-order valence-electron chi connectivity index (χ1n) is 6.74. The Bertz CT molecular complexity index is 469. The van der Waals surface area contributed by atoms with Crippen LogP contribution in [0.2, 0.25) is 5.02 Å². The summed E-state index contributed by atoms with van der Waals surface area (Å²) in [4.78, 5) is 12.2. The third-order valence-electron chi connectivity index (χ3n) is 3.93. The van der Waals surface area contributed by atoms with Crippen molar-refractivity contribution in [3.05, 3.63) is 33.3 Å². The molecule has 1 fully saturated rings. The minimum Gasteiger partial charge on any atom is -0.351 e. The van der Waals surface area contributed by atoms with Crippen LogP contribution in [0.5, 0.6) is 0 Å². The standard InChI is InChI=1S/C15H19BrClNO/c1-15(8-3-2-4-9-15)10-18-14(19)11-6-5-7-12(16)13(11)17/h5-7H,2-4,8-10H2,1H3,(H,18,19). The highest BCUT2D eigenvalue weighted by molar-refractivity contribution is 9.10. The quantitative estimate of drug-likeness (QED) is 0.838. The van der Waals surface area contributed by atoms with Gasteiger partial charge in [0, 0.05) is 11.0 Å². The summed E-state index contributed by atoms with van der Waals surface area (Å²) >= 11 is 9.48. The van der Waals surface area contributed by atoms with Gasteiger partial charge in [0.05, 0.1) is 10.6 Å². The van der Waals surface area contributed by atoms with E-state index in [9.17, 15) is 4.79 Å². The van der Waals surface area contributed by atoms with Crippen molar-refractivity contribution < 1.29 is 4.79 Å². The molecule has 2 nitrogen and oxygen atoms in total. The maximum absolute atomic E-state index is 12.2. The van der Waals surface area contributed by atoms with Crippen LogP contribution in [0, 0.1) is 5.41 Å².